The van der Waals surface area contributed by atoms with Gasteiger partial charge in [0, 0.05) is 17.3 Å². The molecule has 0 aliphatic rings. The van der Waals surface area contributed by atoms with Crippen LogP contribution in [0.1, 0.15) is 29.9 Å². The van der Waals surface area contributed by atoms with Gasteiger partial charge in [-0.15, -0.1) is 0 Å². The fourth-order valence-corrected chi connectivity index (χ4v) is 1.54. The second-order valence-electron chi connectivity index (χ2n) is 4.43. The van der Waals surface area contributed by atoms with Gasteiger partial charge >= 0.3 is 5.97 Å². The maximum Gasteiger partial charge on any atom is 0.322 e. The first-order valence-electron chi connectivity index (χ1n) is 5.61. The minimum atomic E-state index is -1.13. The maximum absolute atomic E-state index is 11.6. The number of aromatic amines is 1. The molecule has 0 saturated carbocycles. The quantitative estimate of drug-likeness (QED) is 0.705. The number of H-pyrrole nitrogens is 1. The van der Waals surface area contributed by atoms with Crippen molar-refractivity contribution in [1.82, 2.24) is 10.3 Å². The number of carbonyl (C=O) groups is 2. The van der Waals surface area contributed by atoms with Crippen LogP contribution in [0.25, 0.3) is 0 Å². The zero-order valence-corrected chi connectivity index (χ0v) is 10.3. The lowest BCUT2D eigenvalue weighted by Gasteiger charge is -2.07. The zero-order valence-electron chi connectivity index (χ0n) is 10.3. The lowest BCUT2D eigenvalue weighted by molar-refractivity contribution is -0.135. The molecule has 0 bridgehead atoms. The number of pyridine rings is 1. The van der Waals surface area contributed by atoms with Crippen molar-refractivity contribution in [2.45, 2.75) is 20.3 Å². The molecule has 1 heterocycles. The largest absolute Gasteiger partial charge is 0.480 e. The van der Waals surface area contributed by atoms with Gasteiger partial charge in [0.25, 0.3) is 5.91 Å². The molecule has 3 N–H and O–H groups in total. The number of rotatable bonds is 5. The van der Waals surface area contributed by atoms with Crippen LogP contribution in [0.5, 0.6) is 0 Å². The number of hydrogen-bond acceptors (Lipinski definition) is 3. The van der Waals surface area contributed by atoms with Crippen LogP contribution in [0, 0.1) is 5.92 Å². The van der Waals surface area contributed by atoms with Gasteiger partial charge in [-0.2, -0.15) is 0 Å². The molecule has 6 heteroatoms. The molecular formula is C12H16N2O4. The lowest BCUT2D eigenvalue weighted by atomic mass is 10.1. The molecular weight excluding hydrogens is 236 g/mol. The van der Waals surface area contributed by atoms with E-state index in [2.05, 4.69) is 10.3 Å². The molecule has 0 spiro atoms. The summed E-state index contributed by atoms with van der Waals surface area (Å²) in [6, 6.07) is 2.72. The number of hydrogen-bond donors (Lipinski definition) is 3. The van der Waals surface area contributed by atoms with E-state index < -0.39 is 18.4 Å². The number of carboxylic acids is 1. The SMILES string of the molecule is CC(C)Cc1cc(C(=O)NCC(=O)O)cc(=O)[nH]1. The fourth-order valence-electron chi connectivity index (χ4n) is 1.54. The van der Waals surface area contributed by atoms with Crippen LogP contribution in [0.15, 0.2) is 16.9 Å². The molecule has 1 rings (SSSR count). The van der Waals surface area contributed by atoms with E-state index in [0.29, 0.717) is 18.0 Å². The highest BCUT2D eigenvalue weighted by atomic mass is 16.4. The summed E-state index contributed by atoms with van der Waals surface area (Å²) in [5.74, 6) is -1.35. The Bertz CT molecular complexity index is 505. The van der Waals surface area contributed by atoms with Crippen molar-refractivity contribution in [3.8, 4) is 0 Å². The molecule has 0 radical (unpaired) electrons. The molecule has 0 fully saturated rings. The fraction of sp³-hybridized carbons (Fsp3) is 0.417. The second kappa shape index (κ2) is 6.00. The highest BCUT2D eigenvalue weighted by Crippen LogP contribution is 2.05. The maximum atomic E-state index is 11.6. The van der Waals surface area contributed by atoms with E-state index in [-0.39, 0.29) is 11.1 Å². The predicted octanol–water partition coefficient (Wildman–Crippen LogP) is 0.388. The Morgan fingerprint density at radius 2 is 2.06 bits per heavy atom. The van der Waals surface area contributed by atoms with E-state index in [1.54, 1.807) is 6.07 Å². The van der Waals surface area contributed by atoms with Gasteiger partial charge in [-0.05, 0) is 18.4 Å². The van der Waals surface area contributed by atoms with Gasteiger partial charge in [-0.25, -0.2) is 0 Å². The number of carboxylic acid groups (broad SMARTS) is 1. The topological polar surface area (TPSA) is 99.3 Å². The Hall–Kier alpha value is -2.11. The first kappa shape index (κ1) is 14.0. The molecule has 6 nitrogen and oxygen atoms in total. The van der Waals surface area contributed by atoms with Gasteiger partial charge in [0.15, 0.2) is 0 Å². The van der Waals surface area contributed by atoms with Crippen molar-refractivity contribution in [1.29, 1.82) is 0 Å². The summed E-state index contributed by atoms with van der Waals surface area (Å²) in [6.45, 7) is 3.52. The summed E-state index contributed by atoms with van der Waals surface area (Å²) in [4.78, 5) is 36.0. The van der Waals surface area contributed by atoms with Gasteiger partial charge in [0.2, 0.25) is 5.56 Å². The molecule has 0 aromatic carbocycles. The minimum Gasteiger partial charge on any atom is -0.480 e. The van der Waals surface area contributed by atoms with Gasteiger partial charge in [0.1, 0.15) is 6.54 Å². The van der Waals surface area contributed by atoms with Gasteiger partial charge in [0.05, 0.1) is 0 Å². The van der Waals surface area contributed by atoms with Gasteiger partial charge < -0.3 is 15.4 Å². The number of aromatic nitrogens is 1. The number of carbonyl (C=O) groups excluding carboxylic acids is 1. The molecule has 98 valence electrons. The molecule has 0 atom stereocenters. The van der Waals surface area contributed by atoms with Gasteiger partial charge in [-0.3, -0.25) is 14.4 Å². The summed E-state index contributed by atoms with van der Waals surface area (Å²) in [5.41, 5.74) is 0.474. The molecule has 0 aliphatic heterocycles. The predicted molar refractivity (Wildman–Crippen MR) is 65.6 cm³/mol. The Balaban J connectivity index is 2.88. The highest BCUT2D eigenvalue weighted by molar-refractivity contribution is 5.95. The van der Waals surface area contributed by atoms with Crippen molar-refractivity contribution in [2.24, 2.45) is 5.92 Å². The van der Waals surface area contributed by atoms with Crippen LogP contribution in [0.2, 0.25) is 0 Å². The van der Waals surface area contributed by atoms with Crippen molar-refractivity contribution in [3.63, 3.8) is 0 Å². The first-order chi connectivity index (χ1) is 8.38. The Morgan fingerprint density at radius 3 is 2.61 bits per heavy atom. The minimum absolute atomic E-state index is 0.177. The van der Waals surface area contributed by atoms with E-state index in [0.717, 1.165) is 6.07 Å². The third kappa shape index (κ3) is 4.40. The number of aliphatic carboxylic acids is 1. The summed E-state index contributed by atoms with van der Waals surface area (Å²) in [6.07, 6.45) is 0.648. The third-order valence-electron chi connectivity index (χ3n) is 2.19. The molecule has 18 heavy (non-hydrogen) atoms. The van der Waals surface area contributed by atoms with Crippen LogP contribution in [0.3, 0.4) is 0 Å². The number of nitrogens with one attached hydrogen (secondary N) is 2. The second-order valence-corrected chi connectivity index (χ2v) is 4.43. The standard InChI is InChI=1S/C12H16N2O4/c1-7(2)3-9-4-8(5-10(15)14-9)12(18)13-6-11(16)17/h4-5,7H,3,6H2,1-2H3,(H,13,18)(H,14,15)(H,16,17). The van der Waals surface area contributed by atoms with Crippen LogP contribution in [-0.2, 0) is 11.2 Å². The first-order valence-corrected chi connectivity index (χ1v) is 5.61. The molecule has 0 saturated heterocycles. The Morgan fingerprint density at radius 1 is 1.39 bits per heavy atom. The molecule has 1 amide bonds. The van der Waals surface area contributed by atoms with Crippen LogP contribution in [0.4, 0.5) is 0 Å². The van der Waals surface area contributed by atoms with E-state index in [9.17, 15) is 14.4 Å². The average Bonchev–Trinajstić information content (AvgIpc) is 2.23. The molecule has 0 unspecified atom stereocenters. The monoisotopic (exact) mass is 252 g/mol. The highest BCUT2D eigenvalue weighted by Gasteiger charge is 2.10. The Kier molecular flexibility index (Phi) is 4.65. The molecule has 0 aliphatic carbocycles. The summed E-state index contributed by atoms with van der Waals surface area (Å²) in [5, 5.41) is 10.7. The molecule has 1 aromatic rings. The lowest BCUT2D eigenvalue weighted by Crippen LogP contribution is -2.30. The van der Waals surface area contributed by atoms with Crippen LogP contribution >= 0.6 is 0 Å². The molecule has 1 aromatic heterocycles. The van der Waals surface area contributed by atoms with E-state index in [1.165, 1.54) is 0 Å². The van der Waals surface area contributed by atoms with E-state index in [1.807, 2.05) is 13.8 Å². The summed E-state index contributed by atoms with van der Waals surface area (Å²) >= 11 is 0. The summed E-state index contributed by atoms with van der Waals surface area (Å²) in [7, 11) is 0. The van der Waals surface area contributed by atoms with E-state index in [4.69, 9.17) is 5.11 Å². The normalized spacial score (nSPS) is 10.4. The number of amides is 1. The summed E-state index contributed by atoms with van der Waals surface area (Å²) < 4.78 is 0. The van der Waals surface area contributed by atoms with Crippen molar-refractivity contribution < 1.29 is 14.7 Å². The van der Waals surface area contributed by atoms with Crippen molar-refractivity contribution in [3.05, 3.63) is 33.7 Å². The zero-order chi connectivity index (χ0) is 13.7. The van der Waals surface area contributed by atoms with Crippen molar-refractivity contribution in [2.75, 3.05) is 6.54 Å². The third-order valence-corrected chi connectivity index (χ3v) is 2.19. The average molecular weight is 252 g/mol. The smallest absolute Gasteiger partial charge is 0.322 e. The van der Waals surface area contributed by atoms with E-state index >= 15 is 0 Å². The van der Waals surface area contributed by atoms with Crippen LogP contribution in [-0.4, -0.2) is 28.5 Å². The van der Waals surface area contributed by atoms with Gasteiger partial charge in [-0.1, -0.05) is 13.8 Å². The van der Waals surface area contributed by atoms with Crippen LogP contribution < -0.4 is 10.9 Å². The van der Waals surface area contributed by atoms with Crippen molar-refractivity contribution >= 4 is 11.9 Å². The Labute approximate surface area is 104 Å².